The van der Waals surface area contributed by atoms with Gasteiger partial charge in [0.15, 0.2) is 0 Å². The summed E-state index contributed by atoms with van der Waals surface area (Å²) in [6.45, 7) is 1.34. The summed E-state index contributed by atoms with van der Waals surface area (Å²) in [5, 5.41) is 2.01. The topological polar surface area (TPSA) is 70.6 Å². The maximum absolute atomic E-state index is 13.3. The van der Waals surface area contributed by atoms with E-state index in [1.165, 1.54) is 15.2 Å². The number of aromatic nitrogens is 1. The van der Waals surface area contributed by atoms with Gasteiger partial charge in [0, 0.05) is 48.5 Å². The van der Waals surface area contributed by atoms with Crippen LogP contribution in [0, 0.1) is 0 Å². The van der Waals surface area contributed by atoms with Crippen LogP contribution in [-0.2, 0) is 29.5 Å². The zero-order chi connectivity index (χ0) is 21.4. The van der Waals surface area contributed by atoms with E-state index in [1.807, 2.05) is 28.5 Å². The average molecular weight is 454 g/mol. The predicted octanol–water partition coefficient (Wildman–Crippen LogP) is 3.69. The van der Waals surface area contributed by atoms with E-state index in [0.29, 0.717) is 25.2 Å². The standard InChI is InChI=1S/C23H23N3O3S2/c27-23(26(20-4-5-20)15-17-6-10-24-11-7-17)18-2-1-3-21(14-18)31(28,29)25-12-8-22-19(16-25)9-13-30-22/h1-3,6-7,9-11,13-14,20H,4-5,8,12,15-16H2. The molecule has 1 aliphatic carbocycles. The molecule has 5 rings (SSSR count). The van der Waals surface area contributed by atoms with Gasteiger partial charge in [-0.3, -0.25) is 9.78 Å². The van der Waals surface area contributed by atoms with Crippen LogP contribution < -0.4 is 0 Å². The lowest BCUT2D eigenvalue weighted by Gasteiger charge is -2.27. The molecular weight excluding hydrogens is 430 g/mol. The summed E-state index contributed by atoms with van der Waals surface area (Å²) >= 11 is 1.68. The van der Waals surface area contributed by atoms with Gasteiger partial charge >= 0.3 is 0 Å². The summed E-state index contributed by atoms with van der Waals surface area (Å²) in [5.41, 5.74) is 2.50. The smallest absolute Gasteiger partial charge is 0.254 e. The van der Waals surface area contributed by atoms with E-state index in [-0.39, 0.29) is 16.8 Å². The average Bonchev–Trinajstić information content (AvgIpc) is 3.53. The van der Waals surface area contributed by atoms with Gasteiger partial charge in [-0.05, 0) is 72.2 Å². The van der Waals surface area contributed by atoms with Gasteiger partial charge in [0.25, 0.3) is 5.91 Å². The van der Waals surface area contributed by atoms with Crippen LogP contribution in [0.1, 0.15) is 39.2 Å². The van der Waals surface area contributed by atoms with Crippen LogP contribution in [-0.4, -0.2) is 41.1 Å². The molecule has 0 spiro atoms. The Kier molecular flexibility index (Phi) is 5.37. The van der Waals surface area contributed by atoms with E-state index < -0.39 is 10.0 Å². The van der Waals surface area contributed by atoms with Crippen molar-refractivity contribution in [3.8, 4) is 0 Å². The Balaban J connectivity index is 1.39. The highest BCUT2D eigenvalue weighted by Crippen LogP contribution is 2.31. The second-order valence-corrected chi connectivity index (χ2v) is 10.9. The quantitative estimate of drug-likeness (QED) is 0.571. The number of rotatable bonds is 6. The van der Waals surface area contributed by atoms with Crippen molar-refractivity contribution in [2.24, 2.45) is 0 Å². The van der Waals surface area contributed by atoms with Crippen LogP contribution in [0.25, 0.3) is 0 Å². The summed E-state index contributed by atoms with van der Waals surface area (Å²) in [6.07, 6.45) is 6.12. The lowest BCUT2D eigenvalue weighted by molar-refractivity contribution is 0.0729. The lowest BCUT2D eigenvalue weighted by Crippen LogP contribution is -2.36. The molecule has 3 aromatic rings. The molecule has 0 unspecified atom stereocenters. The summed E-state index contributed by atoms with van der Waals surface area (Å²) in [4.78, 5) is 20.6. The zero-order valence-corrected chi connectivity index (χ0v) is 18.6. The van der Waals surface area contributed by atoms with Crippen LogP contribution in [0.15, 0.2) is 65.1 Å². The Morgan fingerprint density at radius 3 is 2.74 bits per heavy atom. The molecule has 2 aromatic heterocycles. The van der Waals surface area contributed by atoms with Crippen LogP contribution in [0.5, 0.6) is 0 Å². The number of hydrogen-bond donors (Lipinski definition) is 0. The van der Waals surface area contributed by atoms with Crippen molar-refractivity contribution >= 4 is 27.3 Å². The number of pyridine rings is 1. The van der Waals surface area contributed by atoms with E-state index in [1.54, 1.807) is 41.9 Å². The third-order valence-electron chi connectivity index (χ3n) is 5.84. The molecule has 1 saturated carbocycles. The first-order chi connectivity index (χ1) is 15.0. The fraction of sp³-hybridized carbons (Fsp3) is 0.304. The molecule has 0 atom stereocenters. The maximum atomic E-state index is 13.3. The fourth-order valence-corrected chi connectivity index (χ4v) is 6.32. The third-order valence-corrected chi connectivity index (χ3v) is 8.71. The zero-order valence-electron chi connectivity index (χ0n) is 17.0. The number of carbonyl (C=O) groups is 1. The number of hydrogen-bond acceptors (Lipinski definition) is 5. The highest BCUT2D eigenvalue weighted by molar-refractivity contribution is 7.89. The molecule has 8 heteroatoms. The summed E-state index contributed by atoms with van der Waals surface area (Å²) in [5.74, 6) is -0.130. The fourth-order valence-electron chi connectivity index (χ4n) is 3.97. The maximum Gasteiger partial charge on any atom is 0.254 e. The Labute approximate surface area is 186 Å². The minimum absolute atomic E-state index is 0.130. The summed E-state index contributed by atoms with van der Waals surface area (Å²) in [6, 6.07) is 12.5. The molecule has 1 fully saturated rings. The van der Waals surface area contributed by atoms with E-state index in [0.717, 1.165) is 30.4 Å². The minimum atomic E-state index is -3.67. The van der Waals surface area contributed by atoms with Crippen molar-refractivity contribution in [3.63, 3.8) is 0 Å². The summed E-state index contributed by atoms with van der Waals surface area (Å²) in [7, 11) is -3.67. The van der Waals surface area contributed by atoms with E-state index in [9.17, 15) is 13.2 Å². The number of thiophene rings is 1. The van der Waals surface area contributed by atoms with Crippen LogP contribution in [0.2, 0.25) is 0 Å². The highest BCUT2D eigenvalue weighted by Gasteiger charge is 2.34. The van der Waals surface area contributed by atoms with E-state index in [4.69, 9.17) is 0 Å². The van der Waals surface area contributed by atoms with Crippen molar-refractivity contribution in [2.75, 3.05) is 6.54 Å². The van der Waals surface area contributed by atoms with Crippen molar-refractivity contribution < 1.29 is 13.2 Å². The normalized spacial score (nSPS) is 16.6. The monoisotopic (exact) mass is 453 g/mol. The molecule has 0 saturated heterocycles. The van der Waals surface area contributed by atoms with Gasteiger partial charge < -0.3 is 4.90 Å². The summed E-state index contributed by atoms with van der Waals surface area (Å²) < 4.78 is 28.1. The number of carbonyl (C=O) groups excluding carboxylic acids is 1. The molecular formula is C23H23N3O3S2. The third kappa shape index (κ3) is 4.15. The van der Waals surface area contributed by atoms with Gasteiger partial charge in [-0.2, -0.15) is 4.31 Å². The molecule has 31 heavy (non-hydrogen) atoms. The van der Waals surface area contributed by atoms with Gasteiger partial charge in [-0.15, -0.1) is 11.3 Å². The molecule has 0 bridgehead atoms. The van der Waals surface area contributed by atoms with Crippen molar-refractivity contribution in [1.29, 1.82) is 0 Å². The van der Waals surface area contributed by atoms with E-state index >= 15 is 0 Å². The number of benzene rings is 1. The minimum Gasteiger partial charge on any atom is -0.331 e. The molecule has 0 radical (unpaired) electrons. The number of fused-ring (bicyclic) bond motifs is 1. The first-order valence-corrected chi connectivity index (χ1v) is 12.7. The molecule has 1 aliphatic heterocycles. The Morgan fingerprint density at radius 2 is 1.97 bits per heavy atom. The molecule has 3 heterocycles. The Hall–Kier alpha value is -2.55. The second kappa shape index (κ2) is 8.18. The van der Waals surface area contributed by atoms with Gasteiger partial charge in [0.1, 0.15) is 0 Å². The Bertz CT molecular complexity index is 1200. The van der Waals surface area contributed by atoms with Gasteiger partial charge in [0.05, 0.1) is 4.90 Å². The number of sulfonamides is 1. The van der Waals surface area contributed by atoms with Crippen LogP contribution in [0.4, 0.5) is 0 Å². The van der Waals surface area contributed by atoms with Crippen molar-refractivity contribution in [2.45, 2.75) is 43.3 Å². The van der Waals surface area contributed by atoms with Crippen LogP contribution in [0.3, 0.4) is 0 Å². The molecule has 1 amide bonds. The van der Waals surface area contributed by atoms with Gasteiger partial charge in [-0.25, -0.2) is 8.42 Å². The Morgan fingerprint density at radius 1 is 1.16 bits per heavy atom. The highest BCUT2D eigenvalue weighted by atomic mass is 32.2. The number of nitrogens with zero attached hydrogens (tertiary/aromatic N) is 3. The van der Waals surface area contributed by atoms with Gasteiger partial charge in [-0.1, -0.05) is 6.07 Å². The first-order valence-electron chi connectivity index (χ1n) is 10.4. The molecule has 6 nitrogen and oxygen atoms in total. The van der Waals surface area contributed by atoms with Crippen LogP contribution >= 0.6 is 11.3 Å². The second-order valence-electron chi connectivity index (χ2n) is 8.01. The number of amides is 1. The van der Waals surface area contributed by atoms with E-state index in [2.05, 4.69) is 4.98 Å². The largest absolute Gasteiger partial charge is 0.331 e. The molecule has 160 valence electrons. The lowest BCUT2D eigenvalue weighted by atomic mass is 10.1. The molecule has 0 N–H and O–H groups in total. The molecule has 2 aliphatic rings. The van der Waals surface area contributed by atoms with Crippen molar-refractivity contribution in [1.82, 2.24) is 14.2 Å². The van der Waals surface area contributed by atoms with Gasteiger partial charge in [0.2, 0.25) is 10.0 Å². The SMILES string of the molecule is O=C(c1cccc(S(=O)(=O)N2CCc3sccc3C2)c1)N(Cc1ccncc1)C1CC1. The predicted molar refractivity (Wildman–Crippen MR) is 119 cm³/mol. The van der Waals surface area contributed by atoms with Crippen molar-refractivity contribution in [3.05, 3.63) is 81.8 Å². The molecule has 1 aromatic carbocycles. The first kappa shape index (κ1) is 20.4.